The predicted octanol–water partition coefficient (Wildman–Crippen LogP) is 2.75. The number of carbonyl (C=O) groups is 1. The predicted molar refractivity (Wildman–Crippen MR) is 98.3 cm³/mol. The number of aryl methyl sites for hydroxylation is 1. The average Bonchev–Trinajstić information content (AvgIpc) is 2.61. The first-order valence-electron chi connectivity index (χ1n) is 8.97. The molecule has 1 fully saturated rings. The van der Waals surface area contributed by atoms with E-state index < -0.39 is 11.6 Å². The van der Waals surface area contributed by atoms with Crippen molar-refractivity contribution in [3.8, 4) is 5.75 Å². The van der Waals surface area contributed by atoms with Gasteiger partial charge in [-0.15, -0.1) is 0 Å². The molecule has 6 heteroatoms. The van der Waals surface area contributed by atoms with Crippen molar-refractivity contribution in [2.24, 2.45) is 5.92 Å². The van der Waals surface area contributed by atoms with Crippen LogP contribution in [0.4, 0.5) is 0 Å². The van der Waals surface area contributed by atoms with Gasteiger partial charge in [-0.25, -0.2) is 4.79 Å². The maximum Gasteiger partial charge on any atom is 0.340 e. The van der Waals surface area contributed by atoms with Gasteiger partial charge in [0.25, 0.3) is 0 Å². The molecule has 6 nitrogen and oxygen atoms in total. The number of hydrogen-bond acceptors (Lipinski definition) is 6. The minimum atomic E-state index is -0.556. The summed E-state index contributed by atoms with van der Waals surface area (Å²) in [6, 6.07) is 3.35. The smallest absolute Gasteiger partial charge is 0.340 e. The van der Waals surface area contributed by atoms with Gasteiger partial charge in [0.15, 0.2) is 0 Å². The maximum absolute atomic E-state index is 12.4. The number of fused-ring (bicyclic) bond motifs is 1. The first-order valence-corrected chi connectivity index (χ1v) is 8.97. The fraction of sp³-hybridized carbons (Fsp3) is 0.500. The van der Waals surface area contributed by atoms with Crippen LogP contribution in [0, 0.1) is 12.8 Å². The molecule has 1 N–H and O–H groups in total. The number of aromatic hydroxyl groups is 1. The molecule has 0 radical (unpaired) electrons. The van der Waals surface area contributed by atoms with E-state index in [1.54, 1.807) is 19.1 Å². The Morgan fingerprint density at radius 3 is 2.85 bits per heavy atom. The summed E-state index contributed by atoms with van der Waals surface area (Å²) in [5.74, 6) is 0.251. The van der Waals surface area contributed by atoms with Crippen molar-refractivity contribution in [2.75, 3.05) is 20.2 Å². The number of piperidine rings is 1. The molecule has 0 saturated carbocycles. The average molecular weight is 359 g/mol. The first-order chi connectivity index (χ1) is 12.4. The van der Waals surface area contributed by atoms with E-state index in [1.807, 2.05) is 0 Å². The Morgan fingerprint density at radius 1 is 1.38 bits per heavy atom. The van der Waals surface area contributed by atoms with Gasteiger partial charge < -0.3 is 14.3 Å². The van der Waals surface area contributed by atoms with Crippen LogP contribution in [-0.4, -0.2) is 36.2 Å². The first kappa shape index (κ1) is 18.5. The minimum absolute atomic E-state index is 0.124. The molecule has 2 aromatic rings. The zero-order valence-electron chi connectivity index (χ0n) is 15.5. The summed E-state index contributed by atoms with van der Waals surface area (Å²) < 4.78 is 10.2. The fourth-order valence-electron chi connectivity index (χ4n) is 3.73. The second kappa shape index (κ2) is 7.50. The number of carbonyl (C=O) groups excluding carboxylic acids is 1. The molecule has 26 heavy (non-hydrogen) atoms. The molecule has 1 saturated heterocycles. The minimum Gasteiger partial charge on any atom is -0.507 e. The van der Waals surface area contributed by atoms with Gasteiger partial charge >= 0.3 is 11.6 Å². The van der Waals surface area contributed by atoms with Gasteiger partial charge in [-0.1, -0.05) is 6.92 Å². The molecule has 1 aliphatic rings. The zero-order chi connectivity index (χ0) is 18.8. The number of ether oxygens (including phenoxy) is 1. The van der Waals surface area contributed by atoms with Gasteiger partial charge in [0.1, 0.15) is 11.3 Å². The number of phenolic OH excluding ortho intramolecular Hbond substituents is 1. The van der Waals surface area contributed by atoms with E-state index in [9.17, 15) is 14.7 Å². The third kappa shape index (κ3) is 3.60. The van der Waals surface area contributed by atoms with Crippen molar-refractivity contribution >= 4 is 16.9 Å². The van der Waals surface area contributed by atoms with E-state index in [0.717, 1.165) is 24.9 Å². The van der Waals surface area contributed by atoms with E-state index >= 15 is 0 Å². The lowest BCUT2D eigenvalue weighted by Gasteiger charge is -2.31. The molecule has 140 valence electrons. The number of esters is 1. The lowest BCUT2D eigenvalue weighted by Crippen LogP contribution is -2.33. The van der Waals surface area contributed by atoms with E-state index in [4.69, 9.17) is 4.42 Å². The molecule has 1 aromatic heterocycles. The van der Waals surface area contributed by atoms with Gasteiger partial charge in [-0.05, 0) is 49.9 Å². The Balaban J connectivity index is 2.05. The molecule has 0 bridgehead atoms. The maximum atomic E-state index is 12.4. The van der Waals surface area contributed by atoms with Crippen molar-refractivity contribution < 1.29 is 19.1 Å². The van der Waals surface area contributed by atoms with Gasteiger partial charge in [0, 0.05) is 18.5 Å². The number of hydrogen-bond donors (Lipinski definition) is 1. The van der Waals surface area contributed by atoms with Crippen molar-refractivity contribution in [2.45, 2.75) is 39.7 Å². The zero-order valence-corrected chi connectivity index (χ0v) is 15.5. The van der Waals surface area contributed by atoms with Crippen molar-refractivity contribution in [3.63, 3.8) is 0 Å². The number of likely N-dealkylation sites (tertiary alicyclic amines) is 1. The van der Waals surface area contributed by atoms with Crippen molar-refractivity contribution in [1.29, 1.82) is 0 Å². The Morgan fingerprint density at radius 2 is 2.15 bits per heavy atom. The summed E-state index contributed by atoms with van der Waals surface area (Å²) in [6.45, 7) is 6.47. The normalized spacial score (nSPS) is 18.2. The van der Waals surface area contributed by atoms with Crippen LogP contribution >= 0.6 is 0 Å². The molecule has 0 unspecified atom stereocenters. The summed E-state index contributed by atoms with van der Waals surface area (Å²) in [5, 5.41) is 11.1. The summed E-state index contributed by atoms with van der Waals surface area (Å²) in [4.78, 5) is 26.3. The van der Waals surface area contributed by atoms with Gasteiger partial charge in [-0.2, -0.15) is 0 Å². The summed E-state index contributed by atoms with van der Waals surface area (Å²) in [5.41, 5.74) is 1.46. The van der Waals surface area contributed by atoms with Crippen LogP contribution in [0.5, 0.6) is 5.75 Å². The fourth-order valence-corrected chi connectivity index (χ4v) is 3.73. The van der Waals surface area contributed by atoms with Crippen molar-refractivity contribution in [3.05, 3.63) is 39.2 Å². The van der Waals surface area contributed by atoms with E-state index in [0.29, 0.717) is 34.7 Å². The second-order valence-corrected chi connectivity index (χ2v) is 7.17. The molecule has 1 atom stereocenters. The Bertz CT molecular complexity index is 886. The SMILES string of the molecule is COC(=O)Cc1c(C)c2ccc(O)c(CN3CCC[C@@H](C)C3)c2oc1=O. The van der Waals surface area contributed by atoms with Gasteiger partial charge in [0.2, 0.25) is 0 Å². The van der Waals surface area contributed by atoms with Crippen LogP contribution < -0.4 is 5.63 Å². The van der Waals surface area contributed by atoms with Crippen LogP contribution in [0.25, 0.3) is 11.0 Å². The Labute approximate surface area is 152 Å². The van der Waals surface area contributed by atoms with Gasteiger partial charge in [0.05, 0.1) is 24.7 Å². The largest absolute Gasteiger partial charge is 0.507 e. The summed E-state index contributed by atoms with van der Waals surface area (Å²) >= 11 is 0. The van der Waals surface area contributed by atoms with E-state index in [1.165, 1.54) is 13.5 Å². The number of phenols is 1. The molecule has 1 aromatic carbocycles. The van der Waals surface area contributed by atoms with Crippen LogP contribution in [-0.2, 0) is 22.5 Å². The van der Waals surface area contributed by atoms with Crippen LogP contribution in [0.2, 0.25) is 0 Å². The molecule has 0 aliphatic carbocycles. The molecule has 0 amide bonds. The lowest BCUT2D eigenvalue weighted by molar-refractivity contribution is -0.139. The second-order valence-electron chi connectivity index (χ2n) is 7.17. The highest BCUT2D eigenvalue weighted by Gasteiger charge is 2.22. The summed E-state index contributed by atoms with van der Waals surface area (Å²) in [6.07, 6.45) is 2.21. The molecule has 3 rings (SSSR count). The highest BCUT2D eigenvalue weighted by molar-refractivity contribution is 5.87. The molecule has 2 heterocycles. The Kier molecular flexibility index (Phi) is 5.32. The van der Waals surface area contributed by atoms with E-state index in [-0.39, 0.29) is 12.2 Å². The Hall–Kier alpha value is -2.34. The van der Waals surface area contributed by atoms with Crippen LogP contribution in [0.1, 0.15) is 36.5 Å². The highest BCUT2D eigenvalue weighted by Crippen LogP contribution is 2.31. The topological polar surface area (TPSA) is 80.0 Å². The van der Waals surface area contributed by atoms with Crippen LogP contribution in [0.15, 0.2) is 21.3 Å². The van der Waals surface area contributed by atoms with E-state index in [2.05, 4.69) is 16.6 Å². The third-order valence-electron chi connectivity index (χ3n) is 5.21. The van der Waals surface area contributed by atoms with Crippen molar-refractivity contribution in [1.82, 2.24) is 4.90 Å². The monoisotopic (exact) mass is 359 g/mol. The molecular weight excluding hydrogens is 334 g/mol. The van der Waals surface area contributed by atoms with Crippen LogP contribution in [0.3, 0.4) is 0 Å². The van der Waals surface area contributed by atoms with Gasteiger partial charge in [-0.3, -0.25) is 9.69 Å². The number of methoxy groups -OCH3 is 1. The molecular formula is C20H25NO5. The lowest BCUT2D eigenvalue weighted by atomic mass is 9.98. The molecule has 1 aliphatic heterocycles. The number of rotatable bonds is 4. The summed E-state index contributed by atoms with van der Waals surface area (Å²) in [7, 11) is 1.29. The molecule has 0 spiro atoms. The standard InChI is InChI=1S/C20H25NO5/c1-12-5-4-8-21(10-12)11-16-17(22)7-6-14-13(2)15(9-18(23)25-3)20(24)26-19(14)16/h6-7,12,22H,4-5,8-11H2,1-3H3/t12-/m1/s1. The number of benzene rings is 1. The third-order valence-corrected chi connectivity index (χ3v) is 5.21. The highest BCUT2D eigenvalue weighted by atomic mass is 16.5. The number of nitrogens with zero attached hydrogens (tertiary/aromatic N) is 1. The quantitative estimate of drug-likeness (QED) is 0.668.